The van der Waals surface area contributed by atoms with Crippen molar-refractivity contribution in [2.45, 2.75) is 88.8 Å². The molecule has 262 valence electrons. The standard InChI is InChI=1S/C37H46ClF2N7OS/c38-30-20-23(5-3-7-31(41)24-9-10-24)19-29(34(30)40)32-21-26-22-47(37(48)45-35(26)44-32)28-13-11-25(12-14-28)33-8-2-1-6-27(15-18-49-36(42)43)46(33)17-4-16-39/h11-14,19-22,24,27,31,33H,1-10,15-18,41H2,(H3,42,43)(H,44,45,48)/t27-,31+,33-/m0/s1. The molecular weight excluding hydrogens is 664 g/mol. The van der Waals surface area contributed by atoms with Crippen molar-refractivity contribution in [3.63, 3.8) is 0 Å². The van der Waals surface area contributed by atoms with E-state index >= 15 is 4.39 Å². The Kier molecular flexibility index (Phi) is 11.7. The number of aromatic amines is 1. The van der Waals surface area contributed by atoms with Gasteiger partial charge in [-0.15, -0.1) is 0 Å². The van der Waals surface area contributed by atoms with Crippen LogP contribution in [-0.4, -0.2) is 55.7 Å². The van der Waals surface area contributed by atoms with Gasteiger partial charge in [-0.25, -0.2) is 9.18 Å². The summed E-state index contributed by atoms with van der Waals surface area (Å²) in [5, 5.41) is 8.42. The maximum absolute atomic E-state index is 15.3. The second-order valence-electron chi connectivity index (χ2n) is 13.5. The lowest BCUT2D eigenvalue weighted by Gasteiger charge is -2.37. The number of thioether (sulfide) groups is 1. The van der Waals surface area contributed by atoms with Crippen molar-refractivity contribution in [2.75, 3.05) is 19.0 Å². The Morgan fingerprint density at radius 1 is 1.12 bits per heavy atom. The maximum atomic E-state index is 15.3. The van der Waals surface area contributed by atoms with Crippen LogP contribution in [0.5, 0.6) is 0 Å². The van der Waals surface area contributed by atoms with Crippen LogP contribution in [0.25, 0.3) is 28.0 Å². The van der Waals surface area contributed by atoms with Gasteiger partial charge in [0.15, 0.2) is 11.0 Å². The lowest BCUT2D eigenvalue weighted by molar-refractivity contribution is 0.126. The average molecular weight is 710 g/mol. The van der Waals surface area contributed by atoms with Gasteiger partial charge in [-0.3, -0.25) is 19.3 Å². The number of aromatic nitrogens is 3. The summed E-state index contributed by atoms with van der Waals surface area (Å²) in [6.07, 6.45) is 12.3. The third-order valence-corrected chi connectivity index (χ3v) is 11.1. The Morgan fingerprint density at radius 2 is 1.90 bits per heavy atom. The smallest absolute Gasteiger partial charge is 0.354 e. The van der Waals surface area contributed by atoms with Crippen LogP contribution in [0.4, 0.5) is 8.78 Å². The van der Waals surface area contributed by atoms with Gasteiger partial charge in [-0.2, -0.15) is 4.98 Å². The van der Waals surface area contributed by atoms with E-state index in [0.29, 0.717) is 46.9 Å². The zero-order valence-electron chi connectivity index (χ0n) is 27.8. The number of amidine groups is 1. The fourth-order valence-electron chi connectivity index (χ4n) is 7.33. The number of hydrogen-bond acceptors (Lipinski definition) is 6. The first-order chi connectivity index (χ1) is 23.7. The molecule has 0 bridgehead atoms. The van der Waals surface area contributed by atoms with Crippen molar-refractivity contribution in [2.24, 2.45) is 17.4 Å². The predicted molar refractivity (Wildman–Crippen MR) is 197 cm³/mol. The number of hydrogen-bond donors (Lipinski definition) is 4. The van der Waals surface area contributed by atoms with Gasteiger partial charge in [0.2, 0.25) is 0 Å². The fourth-order valence-corrected chi connectivity index (χ4v) is 8.18. The Labute approximate surface area is 295 Å². The van der Waals surface area contributed by atoms with Crippen molar-refractivity contribution < 1.29 is 8.78 Å². The number of nitrogens with one attached hydrogen (secondary N) is 2. The van der Waals surface area contributed by atoms with Gasteiger partial charge in [0.1, 0.15) is 5.65 Å². The SMILES string of the molecule is N=C(N)SCC[C@@H]1CCCC[C@@H](c2ccc(-n3cc4cc(-c5cc(CCC[C@@H](N)C6CC6)cc(Cl)c5F)[nH]c4nc3=O)cc2)N1CCCF. The number of fused-ring (bicyclic) bond motifs is 1. The van der Waals surface area contributed by atoms with E-state index in [1.54, 1.807) is 18.3 Å². The number of rotatable bonds is 14. The molecule has 0 radical (unpaired) electrons. The van der Waals surface area contributed by atoms with E-state index in [2.05, 4.69) is 27.0 Å². The number of alkyl halides is 1. The summed E-state index contributed by atoms with van der Waals surface area (Å²) in [5.41, 5.74) is 15.4. The van der Waals surface area contributed by atoms with Crippen molar-refractivity contribution >= 4 is 39.6 Å². The van der Waals surface area contributed by atoms with Crippen LogP contribution in [0.3, 0.4) is 0 Å². The second kappa shape index (κ2) is 16.2. The van der Waals surface area contributed by atoms with Gasteiger partial charge >= 0.3 is 5.69 Å². The van der Waals surface area contributed by atoms with Crippen LogP contribution in [0, 0.1) is 17.1 Å². The summed E-state index contributed by atoms with van der Waals surface area (Å²) in [4.78, 5) is 23.1. The highest BCUT2D eigenvalue weighted by molar-refractivity contribution is 8.13. The number of likely N-dealkylation sites (tertiary alicyclic amines) is 1. The van der Waals surface area contributed by atoms with Crippen molar-refractivity contribution in [1.29, 1.82) is 5.41 Å². The highest BCUT2D eigenvalue weighted by Crippen LogP contribution is 2.36. The minimum Gasteiger partial charge on any atom is -0.379 e. The molecule has 2 aromatic carbocycles. The molecule has 1 aliphatic carbocycles. The molecule has 1 saturated heterocycles. The van der Waals surface area contributed by atoms with Crippen molar-refractivity contribution in [3.8, 4) is 16.9 Å². The minimum atomic E-state index is -0.517. The molecule has 49 heavy (non-hydrogen) atoms. The minimum absolute atomic E-state index is 0.0588. The van der Waals surface area contributed by atoms with E-state index in [0.717, 1.165) is 68.2 Å². The molecule has 1 saturated carbocycles. The summed E-state index contributed by atoms with van der Waals surface area (Å²) in [6.45, 7) is 0.300. The number of nitrogens with zero attached hydrogens (tertiary/aromatic N) is 3. The third kappa shape index (κ3) is 8.74. The van der Waals surface area contributed by atoms with Gasteiger partial charge in [-0.1, -0.05) is 48.3 Å². The van der Waals surface area contributed by atoms with Crippen LogP contribution in [0.2, 0.25) is 5.02 Å². The number of nitrogens with two attached hydrogens (primary N) is 2. The highest BCUT2D eigenvalue weighted by atomic mass is 35.5. The molecule has 0 spiro atoms. The van der Waals surface area contributed by atoms with Crippen molar-refractivity contribution in [3.05, 3.63) is 81.1 Å². The van der Waals surface area contributed by atoms with Crippen LogP contribution < -0.4 is 17.2 Å². The van der Waals surface area contributed by atoms with E-state index in [1.807, 2.05) is 18.2 Å². The lowest BCUT2D eigenvalue weighted by Crippen LogP contribution is -2.38. The number of benzene rings is 2. The fraction of sp³-hybridized carbons (Fsp3) is 0.486. The molecule has 4 aromatic rings. The largest absolute Gasteiger partial charge is 0.379 e. The monoisotopic (exact) mass is 709 g/mol. The van der Waals surface area contributed by atoms with Gasteiger partial charge in [0.05, 0.1) is 23.1 Å². The molecule has 2 aromatic heterocycles. The Bertz CT molecular complexity index is 1810. The molecule has 2 aliphatic rings. The van der Waals surface area contributed by atoms with E-state index < -0.39 is 11.5 Å². The average Bonchev–Trinajstić information content (AvgIpc) is 3.89. The zero-order chi connectivity index (χ0) is 34.5. The van der Waals surface area contributed by atoms with E-state index in [-0.39, 0.29) is 35.0 Å². The summed E-state index contributed by atoms with van der Waals surface area (Å²) in [6, 6.07) is 13.9. The molecule has 0 amide bonds. The molecule has 1 aliphatic heterocycles. The van der Waals surface area contributed by atoms with Gasteiger partial charge in [-0.05, 0) is 105 Å². The first-order valence-electron chi connectivity index (χ1n) is 17.5. The molecule has 6 rings (SSSR count). The first-order valence-corrected chi connectivity index (χ1v) is 18.8. The Hall–Kier alpha value is -3.25. The molecule has 3 heterocycles. The Balaban J connectivity index is 1.22. The molecular formula is C37H46ClF2N7OS. The van der Waals surface area contributed by atoms with E-state index in [1.165, 1.54) is 29.2 Å². The zero-order valence-corrected chi connectivity index (χ0v) is 29.3. The summed E-state index contributed by atoms with van der Waals surface area (Å²) < 4.78 is 30.2. The molecule has 12 heteroatoms. The molecule has 2 fully saturated rings. The van der Waals surface area contributed by atoms with Crippen LogP contribution in [0.15, 0.2) is 53.5 Å². The first kappa shape index (κ1) is 35.6. The summed E-state index contributed by atoms with van der Waals surface area (Å²) >= 11 is 7.69. The van der Waals surface area contributed by atoms with Crippen LogP contribution >= 0.6 is 23.4 Å². The van der Waals surface area contributed by atoms with Crippen LogP contribution in [-0.2, 0) is 6.42 Å². The van der Waals surface area contributed by atoms with Gasteiger partial charge in [0.25, 0.3) is 0 Å². The second-order valence-corrected chi connectivity index (χ2v) is 15.1. The Morgan fingerprint density at radius 3 is 2.63 bits per heavy atom. The number of H-pyrrole nitrogens is 1. The quantitative estimate of drug-likeness (QED) is 0.0778. The maximum Gasteiger partial charge on any atom is 0.354 e. The molecule has 8 nitrogen and oxygen atoms in total. The highest BCUT2D eigenvalue weighted by Gasteiger charge is 2.30. The lowest BCUT2D eigenvalue weighted by atomic mass is 9.99. The van der Waals surface area contributed by atoms with Crippen LogP contribution in [0.1, 0.15) is 81.4 Å². The molecule has 0 unspecified atom stereocenters. The van der Waals surface area contributed by atoms with Gasteiger partial charge < -0.3 is 16.5 Å². The summed E-state index contributed by atoms with van der Waals surface area (Å²) in [5.74, 6) is 0.888. The topological polar surface area (TPSA) is 130 Å². The van der Waals surface area contributed by atoms with E-state index in [4.69, 9.17) is 28.5 Å². The van der Waals surface area contributed by atoms with Gasteiger partial charge in [0, 0.05) is 47.6 Å². The normalized spacial score (nSPS) is 19.3. The number of aryl methyl sites for hydroxylation is 1. The van der Waals surface area contributed by atoms with Crippen molar-refractivity contribution in [1.82, 2.24) is 19.4 Å². The number of halogens is 3. The third-order valence-electron chi connectivity index (χ3n) is 10.1. The molecule has 6 N–H and O–H groups in total. The summed E-state index contributed by atoms with van der Waals surface area (Å²) in [7, 11) is 0. The predicted octanol–water partition coefficient (Wildman–Crippen LogP) is 7.90. The van der Waals surface area contributed by atoms with E-state index in [9.17, 15) is 9.18 Å². The molecule has 3 atom stereocenters.